The van der Waals surface area contributed by atoms with Gasteiger partial charge in [0.05, 0.1) is 29.2 Å². The number of rotatable bonds is 2. The van der Waals surface area contributed by atoms with Gasteiger partial charge in [-0.2, -0.15) is 0 Å². The molecule has 0 unspecified atom stereocenters. The van der Waals surface area contributed by atoms with Crippen LogP contribution in [0.5, 0.6) is 0 Å². The van der Waals surface area contributed by atoms with Gasteiger partial charge in [-0.15, -0.1) is 0 Å². The zero-order valence-electron chi connectivity index (χ0n) is 14.1. The maximum absolute atomic E-state index is 13.2. The van der Waals surface area contributed by atoms with Gasteiger partial charge >= 0.3 is 0 Å². The number of amides is 2. The van der Waals surface area contributed by atoms with Crippen molar-refractivity contribution in [1.29, 1.82) is 0 Å². The number of piperidine rings is 1. The van der Waals surface area contributed by atoms with Crippen molar-refractivity contribution >= 4 is 28.9 Å². The molecule has 5 heteroatoms. The molecule has 1 N–H and O–H groups in total. The normalized spacial score (nSPS) is 17.3. The average Bonchev–Trinajstić information content (AvgIpc) is 2.76. The number of likely N-dealkylation sites (tertiary alicyclic amines) is 1. The van der Waals surface area contributed by atoms with Crippen molar-refractivity contribution in [2.45, 2.75) is 19.3 Å². The zero-order valence-corrected chi connectivity index (χ0v) is 14.1. The largest absolute Gasteiger partial charge is 0.320 e. The Kier molecular flexibility index (Phi) is 4.24. The van der Waals surface area contributed by atoms with E-state index in [1.165, 1.54) is 6.42 Å². The minimum atomic E-state index is -0.184. The lowest BCUT2D eigenvalue weighted by Gasteiger charge is -2.30. The van der Waals surface area contributed by atoms with Crippen molar-refractivity contribution in [3.63, 3.8) is 0 Å². The van der Waals surface area contributed by atoms with Gasteiger partial charge < -0.3 is 5.32 Å². The van der Waals surface area contributed by atoms with Crippen molar-refractivity contribution in [2.75, 3.05) is 29.9 Å². The van der Waals surface area contributed by atoms with Crippen molar-refractivity contribution < 1.29 is 9.59 Å². The van der Waals surface area contributed by atoms with Crippen LogP contribution in [0.15, 0.2) is 48.5 Å². The Morgan fingerprint density at radius 3 is 2.40 bits per heavy atom. The van der Waals surface area contributed by atoms with E-state index in [1.807, 2.05) is 42.5 Å². The van der Waals surface area contributed by atoms with Gasteiger partial charge in [0.1, 0.15) is 0 Å². The van der Waals surface area contributed by atoms with E-state index in [9.17, 15) is 9.59 Å². The first-order chi connectivity index (χ1) is 12.2. The van der Waals surface area contributed by atoms with Crippen molar-refractivity contribution in [3.05, 3.63) is 54.1 Å². The topological polar surface area (TPSA) is 52.7 Å². The van der Waals surface area contributed by atoms with E-state index in [1.54, 1.807) is 11.0 Å². The summed E-state index contributed by atoms with van der Waals surface area (Å²) in [4.78, 5) is 29.7. The van der Waals surface area contributed by atoms with Gasteiger partial charge in [-0.25, -0.2) is 0 Å². The summed E-state index contributed by atoms with van der Waals surface area (Å²) in [6.45, 7) is 2.29. The molecule has 2 amide bonds. The second kappa shape index (κ2) is 6.69. The number of nitrogens with one attached hydrogen (secondary N) is 1. The van der Waals surface area contributed by atoms with Gasteiger partial charge in [-0.05, 0) is 50.2 Å². The molecule has 0 bridgehead atoms. The monoisotopic (exact) mass is 335 g/mol. The number of carbonyl (C=O) groups is 2. The summed E-state index contributed by atoms with van der Waals surface area (Å²) in [6.07, 6.45) is 3.51. The molecule has 2 aliphatic heterocycles. The van der Waals surface area contributed by atoms with Crippen LogP contribution < -0.4 is 10.2 Å². The fourth-order valence-electron chi connectivity index (χ4n) is 3.60. The number of hydrogen-bond acceptors (Lipinski definition) is 3. The van der Waals surface area contributed by atoms with Gasteiger partial charge in [0.2, 0.25) is 5.91 Å². The number of fused-ring (bicyclic) bond motifs is 2. The third-order valence-corrected chi connectivity index (χ3v) is 4.84. The highest BCUT2D eigenvalue weighted by molar-refractivity contribution is 6.17. The number of carbonyl (C=O) groups excluding carboxylic acids is 2. The van der Waals surface area contributed by atoms with E-state index >= 15 is 0 Å². The Labute approximate surface area is 147 Å². The second-order valence-corrected chi connectivity index (χ2v) is 6.55. The maximum Gasteiger partial charge on any atom is 0.257 e. The standard InChI is InChI=1S/C20H21N3O2/c24-19(14-22-12-6-1-7-13-22)23-17-10-4-2-8-15(17)20(25)21-16-9-3-5-11-18(16)23/h2-5,8-11H,1,6-7,12-14H2,(H,21,25). The summed E-state index contributed by atoms with van der Waals surface area (Å²) < 4.78 is 0. The average molecular weight is 335 g/mol. The zero-order chi connectivity index (χ0) is 17.2. The Bertz CT molecular complexity index is 812. The van der Waals surface area contributed by atoms with Gasteiger partial charge in [-0.3, -0.25) is 19.4 Å². The van der Waals surface area contributed by atoms with Crippen LogP contribution in [0, 0.1) is 0 Å². The summed E-state index contributed by atoms with van der Waals surface area (Å²) in [5.41, 5.74) is 2.55. The molecular formula is C20H21N3O2. The smallest absolute Gasteiger partial charge is 0.257 e. The molecule has 2 aromatic rings. The van der Waals surface area contributed by atoms with E-state index in [4.69, 9.17) is 0 Å². The minimum Gasteiger partial charge on any atom is -0.320 e. The van der Waals surface area contributed by atoms with Crippen LogP contribution in [-0.4, -0.2) is 36.3 Å². The predicted molar refractivity (Wildman–Crippen MR) is 98.3 cm³/mol. The summed E-state index contributed by atoms with van der Waals surface area (Å²) >= 11 is 0. The second-order valence-electron chi connectivity index (χ2n) is 6.55. The molecule has 0 atom stereocenters. The number of para-hydroxylation sites is 3. The lowest BCUT2D eigenvalue weighted by atomic mass is 10.1. The fourth-order valence-corrected chi connectivity index (χ4v) is 3.60. The van der Waals surface area contributed by atoms with E-state index in [0.717, 1.165) is 31.6 Å². The van der Waals surface area contributed by atoms with Gasteiger partial charge in [-0.1, -0.05) is 30.7 Å². The van der Waals surface area contributed by atoms with E-state index in [-0.39, 0.29) is 11.8 Å². The maximum atomic E-state index is 13.2. The van der Waals surface area contributed by atoms with Crippen LogP contribution in [-0.2, 0) is 4.79 Å². The van der Waals surface area contributed by atoms with Crippen LogP contribution in [0.2, 0.25) is 0 Å². The molecule has 2 aliphatic rings. The molecule has 25 heavy (non-hydrogen) atoms. The molecule has 0 aromatic heterocycles. The van der Waals surface area contributed by atoms with Gasteiger partial charge in [0.25, 0.3) is 5.91 Å². The van der Waals surface area contributed by atoms with Crippen LogP contribution in [0.3, 0.4) is 0 Å². The van der Waals surface area contributed by atoms with E-state index in [2.05, 4.69) is 10.2 Å². The molecule has 0 saturated carbocycles. The lowest BCUT2D eigenvalue weighted by Crippen LogP contribution is -2.40. The minimum absolute atomic E-state index is 0.00157. The Hall–Kier alpha value is -2.66. The third kappa shape index (κ3) is 3.03. The molecule has 1 fully saturated rings. The number of nitrogens with zero attached hydrogens (tertiary/aromatic N) is 2. The van der Waals surface area contributed by atoms with E-state index < -0.39 is 0 Å². The third-order valence-electron chi connectivity index (χ3n) is 4.84. The van der Waals surface area contributed by atoms with Gasteiger partial charge in [0, 0.05) is 0 Å². The Morgan fingerprint density at radius 2 is 1.60 bits per heavy atom. The summed E-state index contributed by atoms with van der Waals surface area (Å²) in [5, 5.41) is 2.92. The molecule has 5 nitrogen and oxygen atoms in total. The highest BCUT2D eigenvalue weighted by Crippen LogP contribution is 2.37. The first-order valence-electron chi connectivity index (χ1n) is 8.79. The van der Waals surface area contributed by atoms with Crippen molar-refractivity contribution in [2.24, 2.45) is 0 Å². The summed E-state index contributed by atoms with van der Waals surface area (Å²) in [7, 11) is 0. The molecule has 128 valence electrons. The highest BCUT2D eigenvalue weighted by Gasteiger charge is 2.29. The molecule has 2 heterocycles. The Morgan fingerprint density at radius 1 is 0.920 bits per heavy atom. The number of anilines is 3. The SMILES string of the molecule is O=C1Nc2ccccc2N(C(=O)CN2CCCCC2)c2ccccc21. The lowest BCUT2D eigenvalue weighted by molar-refractivity contribution is -0.119. The van der Waals surface area contributed by atoms with Gasteiger partial charge in [0.15, 0.2) is 0 Å². The molecule has 0 aliphatic carbocycles. The highest BCUT2D eigenvalue weighted by atomic mass is 16.2. The molecule has 0 spiro atoms. The molecule has 4 rings (SSSR count). The molecular weight excluding hydrogens is 314 g/mol. The van der Waals surface area contributed by atoms with Crippen LogP contribution in [0.4, 0.5) is 17.1 Å². The summed E-state index contributed by atoms with van der Waals surface area (Å²) in [6, 6.07) is 14.8. The number of benzene rings is 2. The Balaban J connectivity index is 1.75. The van der Waals surface area contributed by atoms with Crippen molar-refractivity contribution in [3.8, 4) is 0 Å². The quantitative estimate of drug-likeness (QED) is 0.915. The van der Waals surface area contributed by atoms with Crippen molar-refractivity contribution in [1.82, 2.24) is 4.90 Å². The fraction of sp³-hybridized carbons (Fsp3) is 0.300. The first-order valence-corrected chi connectivity index (χ1v) is 8.79. The molecule has 2 aromatic carbocycles. The van der Waals surface area contributed by atoms with E-state index in [0.29, 0.717) is 23.5 Å². The summed E-state index contributed by atoms with van der Waals surface area (Å²) in [5.74, 6) is -0.186. The molecule has 0 radical (unpaired) electrons. The predicted octanol–water partition coefficient (Wildman–Crippen LogP) is 3.40. The number of hydrogen-bond donors (Lipinski definition) is 1. The van der Waals surface area contributed by atoms with Crippen LogP contribution >= 0.6 is 0 Å². The molecule has 1 saturated heterocycles. The van der Waals surface area contributed by atoms with Crippen LogP contribution in [0.1, 0.15) is 29.6 Å². The first kappa shape index (κ1) is 15.8. The van der Waals surface area contributed by atoms with Crippen LogP contribution in [0.25, 0.3) is 0 Å².